The Morgan fingerprint density at radius 3 is 2.34 bits per heavy atom. The number of carbonyl (C=O) groups excluding carboxylic acids is 2. The molecule has 4 aliphatic carbocycles. The Bertz CT molecular complexity index is 1020. The Kier molecular flexibility index (Phi) is 7.83. The van der Waals surface area contributed by atoms with Crippen molar-refractivity contribution in [2.45, 2.75) is 111 Å². The zero-order valence-electron chi connectivity index (χ0n) is 23.8. The first kappa shape index (κ1) is 27.8. The summed E-state index contributed by atoms with van der Waals surface area (Å²) in [6.07, 6.45) is 9.64. The standard InChI is InChI=1S/C33H48O5/c1-5-29(35)21-7-9-23(10-8-21)38-31(37)13-6-20(2)25-11-12-26-24-19-30(36)28-18-22(34)14-16-33(28,4)27(24)15-17-32(25,26)3/h7-10,20,22,24-28,30,34,36H,5-6,11-19H2,1-4H3/t20-,22-,24+,25-,26+,27+,28+,30+,32-,33-/m1/s1. The average Bonchev–Trinajstić information content (AvgIpc) is 3.26. The number of carbonyl (C=O) groups is 2. The summed E-state index contributed by atoms with van der Waals surface area (Å²) in [5.74, 6) is 3.53. The maximum absolute atomic E-state index is 12.7. The summed E-state index contributed by atoms with van der Waals surface area (Å²) in [4.78, 5) is 24.5. The predicted octanol–water partition coefficient (Wildman–Crippen LogP) is 6.59. The third-order valence-electron chi connectivity index (χ3n) is 11.9. The number of ether oxygens (including phenoxy) is 1. The van der Waals surface area contributed by atoms with Crippen LogP contribution in [0.15, 0.2) is 24.3 Å². The van der Waals surface area contributed by atoms with Crippen LogP contribution in [0.5, 0.6) is 5.75 Å². The van der Waals surface area contributed by atoms with Crippen molar-refractivity contribution in [1.82, 2.24) is 0 Å². The van der Waals surface area contributed by atoms with Crippen molar-refractivity contribution >= 4 is 11.8 Å². The van der Waals surface area contributed by atoms with Crippen LogP contribution in [0.4, 0.5) is 0 Å². The number of rotatable bonds is 7. The molecule has 0 aromatic heterocycles. The minimum Gasteiger partial charge on any atom is -0.427 e. The van der Waals surface area contributed by atoms with Crippen LogP contribution in [-0.4, -0.2) is 34.2 Å². The van der Waals surface area contributed by atoms with Crippen LogP contribution in [0.25, 0.3) is 0 Å². The third kappa shape index (κ3) is 4.87. The molecule has 0 amide bonds. The summed E-state index contributed by atoms with van der Waals surface area (Å²) >= 11 is 0. The molecule has 4 fully saturated rings. The summed E-state index contributed by atoms with van der Waals surface area (Å²) in [6, 6.07) is 6.88. The molecule has 210 valence electrons. The van der Waals surface area contributed by atoms with E-state index in [0.29, 0.717) is 53.7 Å². The molecule has 0 unspecified atom stereocenters. The summed E-state index contributed by atoms with van der Waals surface area (Å²) in [5.41, 5.74) is 1.07. The lowest BCUT2D eigenvalue weighted by molar-refractivity contribution is -0.172. The summed E-state index contributed by atoms with van der Waals surface area (Å²) in [7, 11) is 0. The lowest BCUT2D eigenvalue weighted by Gasteiger charge is -2.62. The first-order chi connectivity index (χ1) is 18.1. The number of ketones is 1. The Balaban J connectivity index is 1.19. The smallest absolute Gasteiger partial charge is 0.311 e. The first-order valence-electron chi connectivity index (χ1n) is 15.3. The van der Waals surface area contributed by atoms with Gasteiger partial charge in [-0.1, -0.05) is 27.7 Å². The van der Waals surface area contributed by atoms with Gasteiger partial charge < -0.3 is 14.9 Å². The van der Waals surface area contributed by atoms with Crippen molar-refractivity contribution in [3.05, 3.63) is 29.8 Å². The van der Waals surface area contributed by atoms with Crippen molar-refractivity contribution in [2.75, 3.05) is 0 Å². The highest BCUT2D eigenvalue weighted by molar-refractivity contribution is 5.95. The number of esters is 1. The molecule has 0 radical (unpaired) electrons. The van der Waals surface area contributed by atoms with E-state index in [4.69, 9.17) is 4.74 Å². The average molecular weight is 525 g/mol. The van der Waals surface area contributed by atoms with Gasteiger partial charge in [0.1, 0.15) is 5.75 Å². The molecule has 38 heavy (non-hydrogen) atoms. The zero-order valence-corrected chi connectivity index (χ0v) is 23.8. The van der Waals surface area contributed by atoms with Crippen molar-refractivity contribution in [1.29, 1.82) is 0 Å². The Morgan fingerprint density at radius 2 is 1.63 bits per heavy atom. The molecule has 0 bridgehead atoms. The molecule has 10 atom stereocenters. The van der Waals surface area contributed by atoms with Crippen molar-refractivity contribution in [3.8, 4) is 5.75 Å². The van der Waals surface area contributed by atoms with E-state index < -0.39 is 0 Å². The number of aliphatic hydroxyl groups is 2. The van der Waals surface area contributed by atoms with Crippen LogP contribution >= 0.6 is 0 Å². The Hall–Kier alpha value is -1.72. The molecule has 4 saturated carbocycles. The molecule has 1 aromatic rings. The highest BCUT2D eigenvalue weighted by atomic mass is 16.5. The molecule has 5 nitrogen and oxygen atoms in total. The molecule has 0 spiro atoms. The van der Waals surface area contributed by atoms with Gasteiger partial charge in [0.15, 0.2) is 5.78 Å². The van der Waals surface area contributed by atoms with Crippen LogP contribution in [0.1, 0.15) is 109 Å². The van der Waals surface area contributed by atoms with Crippen LogP contribution < -0.4 is 4.74 Å². The SMILES string of the molecule is CCC(=O)c1ccc(OC(=O)CC[C@@H](C)[C@H]2CC[C@H]3[C@@H]4C[C@H](O)[C@@H]5C[C@H](O)CC[C@]5(C)[C@H]4CC[C@]23C)cc1. The molecular weight excluding hydrogens is 476 g/mol. The first-order valence-corrected chi connectivity index (χ1v) is 15.3. The zero-order chi connectivity index (χ0) is 27.2. The van der Waals surface area contributed by atoms with Crippen molar-refractivity contribution in [2.24, 2.45) is 46.3 Å². The van der Waals surface area contributed by atoms with E-state index in [1.807, 2.05) is 6.92 Å². The molecule has 2 N–H and O–H groups in total. The maximum Gasteiger partial charge on any atom is 0.311 e. The van der Waals surface area contributed by atoms with Crippen LogP contribution in [-0.2, 0) is 4.79 Å². The molecular formula is C33H48O5. The largest absolute Gasteiger partial charge is 0.427 e. The van der Waals surface area contributed by atoms with E-state index >= 15 is 0 Å². The second-order valence-corrected chi connectivity index (χ2v) is 13.7. The van der Waals surface area contributed by atoms with Gasteiger partial charge in [-0.3, -0.25) is 9.59 Å². The lowest BCUT2D eigenvalue weighted by Crippen LogP contribution is -2.58. The van der Waals surface area contributed by atoms with Crippen molar-refractivity contribution < 1.29 is 24.5 Å². The van der Waals surface area contributed by atoms with Gasteiger partial charge in [-0.05, 0) is 128 Å². The van der Waals surface area contributed by atoms with E-state index in [-0.39, 0.29) is 40.7 Å². The maximum atomic E-state index is 12.7. The second-order valence-electron chi connectivity index (χ2n) is 13.7. The van der Waals surface area contributed by atoms with Gasteiger partial charge in [-0.2, -0.15) is 0 Å². The molecule has 5 rings (SSSR count). The van der Waals surface area contributed by atoms with E-state index in [1.54, 1.807) is 24.3 Å². The highest BCUT2D eigenvalue weighted by Crippen LogP contribution is 2.68. The molecule has 0 aliphatic heterocycles. The van der Waals surface area contributed by atoms with Crippen LogP contribution in [0, 0.1) is 46.3 Å². The van der Waals surface area contributed by atoms with E-state index in [9.17, 15) is 19.8 Å². The minimum absolute atomic E-state index is 0.0864. The second kappa shape index (κ2) is 10.7. The molecule has 0 heterocycles. The number of fused-ring (bicyclic) bond motifs is 5. The molecule has 5 heteroatoms. The van der Waals surface area contributed by atoms with Crippen LogP contribution in [0.2, 0.25) is 0 Å². The number of benzene rings is 1. The summed E-state index contributed by atoms with van der Waals surface area (Å²) in [6.45, 7) is 9.08. The quantitative estimate of drug-likeness (QED) is 0.239. The lowest BCUT2D eigenvalue weighted by atomic mass is 9.44. The van der Waals surface area contributed by atoms with Gasteiger partial charge in [0.2, 0.25) is 0 Å². The monoisotopic (exact) mass is 524 g/mol. The van der Waals surface area contributed by atoms with Gasteiger partial charge in [0, 0.05) is 18.4 Å². The summed E-state index contributed by atoms with van der Waals surface area (Å²) in [5, 5.41) is 21.6. The number of aliphatic hydroxyl groups excluding tert-OH is 2. The number of hydrogen-bond acceptors (Lipinski definition) is 5. The van der Waals surface area contributed by atoms with E-state index in [2.05, 4.69) is 20.8 Å². The van der Waals surface area contributed by atoms with Gasteiger partial charge >= 0.3 is 5.97 Å². The normalized spacial score (nSPS) is 40.9. The van der Waals surface area contributed by atoms with Gasteiger partial charge in [-0.15, -0.1) is 0 Å². The van der Waals surface area contributed by atoms with Gasteiger partial charge in [0.25, 0.3) is 0 Å². The fourth-order valence-corrected chi connectivity index (χ4v) is 9.90. The number of hydrogen-bond donors (Lipinski definition) is 2. The van der Waals surface area contributed by atoms with Gasteiger partial charge in [0.05, 0.1) is 12.2 Å². The Morgan fingerprint density at radius 1 is 0.947 bits per heavy atom. The van der Waals surface area contributed by atoms with E-state index in [1.165, 1.54) is 25.7 Å². The fourth-order valence-electron chi connectivity index (χ4n) is 9.90. The predicted molar refractivity (Wildman–Crippen MR) is 148 cm³/mol. The van der Waals surface area contributed by atoms with E-state index in [0.717, 1.165) is 32.1 Å². The number of Topliss-reactive ketones (excluding diaryl/α,β-unsaturated/α-hetero) is 1. The molecule has 4 aliphatic rings. The topological polar surface area (TPSA) is 83.8 Å². The molecule has 0 saturated heterocycles. The van der Waals surface area contributed by atoms with Crippen LogP contribution in [0.3, 0.4) is 0 Å². The molecule has 1 aromatic carbocycles. The fraction of sp³-hybridized carbons (Fsp3) is 0.758. The van der Waals surface area contributed by atoms with Crippen molar-refractivity contribution in [3.63, 3.8) is 0 Å². The third-order valence-corrected chi connectivity index (χ3v) is 11.9. The minimum atomic E-state index is -0.293. The highest BCUT2D eigenvalue weighted by Gasteiger charge is 2.62. The summed E-state index contributed by atoms with van der Waals surface area (Å²) < 4.78 is 5.58. The van der Waals surface area contributed by atoms with Gasteiger partial charge in [-0.25, -0.2) is 0 Å². The Labute approximate surface area is 228 Å².